The van der Waals surface area contributed by atoms with E-state index >= 15 is 0 Å². The fraction of sp³-hybridized carbons (Fsp3) is 0.333. The number of benzene rings is 1. The van der Waals surface area contributed by atoms with Crippen LogP contribution in [0.4, 0.5) is 0 Å². The Kier molecular flexibility index (Phi) is 7.06. The number of ketones is 3. The number of hydrogen-bond acceptors (Lipinski definition) is 4. The van der Waals surface area contributed by atoms with Gasteiger partial charge in [0.25, 0.3) is 0 Å². The lowest BCUT2D eigenvalue weighted by molar-refractivity contribution is -0.124. The van der Waals surface area contributed by atoms with Crippen molar-refractivity contribution in [3.05, 3.63) is 53.3 Å². The summed E-state index contributed by atoms with van der Waals surface area (Å²) in [6, 6.07) is 10.1. The third-order valence-corrected chi connectivity index (χ3v) is 3.16. The lowest BCUT2D eigenvalue weighted by Gasteiger charge is -2.04. The Morgan fingerprint density at radius 3 is 1.96 bits per heavy atom. The summed E-state index contributed by atoms with van der Waals surface area (Å²) in [5.74, 6) is -0.0585. The Hall–Kier alpha value is -2.56. The van der Waals surface area contributed by atoms with E-state index in [0.717, 1.165) is 5.69 Å². The molecule has 1 aromatic carbocycles. The van der Waals surface area contributed by atoms with E-state index in [2.05, 4.69) is 17.2 Å². The van der Waals surface area contributed by atoms with Crippen molar-refractivity contribution in [2.75, 3.05) is 0 Å². The van der Waals surface area contributed by atoms with Gasteiger partial charge in [-0.2, -0.15) is 5.10 Å². The smallest absolute Gasteiger partial charge is 0.163 e. The Morgan fingerprint density at radius 1 is 1.00 bits per heavy atom. The van der Waals surface area contributed by atoms with Crippen LogP contribution in [-0.2, 0) is 16.1 Å². The van der Waals surface area contributed by atoms with Crippen LogP contribution in [0.25, 0.3) is 0 Å². The van der Waals surface area contributed by atoms with E-state index in [1.54, 1.807) is 13.1 Å². The summed E-state index contributed by atoms with van der Waals surface area (Å²) in [6.45, 7) is 7.01. The number of carbonyl (C=O) groups is 3. The summed E-state index contributed by atoms with van der Waals surface area (Å²) < 4.78 is 1.85. The molecular formula is C18H22N2O3. The summed E-state index contributed by atoms with van der Waals surface area (Å²) in [6.07, 6.45) is 1.72. The van der Waals surface area contributed by atoms with E-state index < -0.39 is 0 Å². The molecule has 0 saturated carbocycles. The van der Waals surface area contributed by atoms with Gasteiger partial charge in [-0.3, -0.25) is 19.1 Å². The molecule has 2 aromatic rings. The van der Waals surface area contributed by atoms with Crippen LogP contribution in [0.3, 0.4) is 0 Å². The van der Waals surface area contributed by atoms with Crippen LogP contribution in [0.15, 0.2) is 36.5 Å². The molecule has 0 atom stereocenters. The van der Waals surface area contributed by atoms with Crippen molar-refractivity contribution >= 4 is 17.3 Å². The molecular weight excluding hydrogens is 292 g/mol. The van der Waals surface area contributed by atoms with Crippen LogP contribution in [-0.4, -0.2) is 27.1 Å². The maximum absolute atomic E-state index is 11.3. The zero-order valence-electron chi connectivity index (χ0n) is 14.0. The standard InChI is InChI=1S/C13H14N2O.C5H8O2/c1-10-13(11(2)16)8-14-15(10)9-12-6-4-3-5-7-12;1-4(6)3-5(2)7/h3-8H,9H2,1-2H3;3H2,1-2H3. The number of aromatic nitrogens is 2. The first-order valence-electron chi connectivity index (χ1n) is 7.37. The molecule has 5 heteroatoms. The molecule has 2 rings (SSSR count). The average molecular weight is 314 g/mol. The molecule has 0 amide bonds. The zero-order chi connectivity index (χ0) is 17.4. The highest BCUT2D eigenvalue weighted by atomic mass is 16.1. The Morgan fingerprint density at radius 2 is 1.57 bits per heavy atom. The second-order valence-corrected chi connectivity index (χ2v) is 5.42. The second kappa shape index (κ2) is 8.78. The van der Waals surface area contributed by atoms with Crippen molar-refractivity contribution in [3.8, 4) is 0 Å². The van der Waals surface area contributed by atoms with Crippen molar-refractivity contribution in [2.45, 2.75) is 40.7 Å². The van der Waals surface area contributed by atoms with Gasteiger partial charge in [0.15, 0.2) is 5.78 Å². The first kappa shape index (κ1) is 18.5. The maximum atomic E-state index is 11.3. The molecule has 5 nitrogen and oxygen atoms in total. The van der Waals surface area contributed by atoms with Crippen molar-refractivity contribution in [1.29, 1.82) is 0 Å². The van der Waals surface area contributed by atoms with Gasteiger partial charge in [-0.1, -0.05) is 30.3 Å². The van der Waals surface area contributed by atoms with E-state index in [4.69, 9.17) is 0 Å². The van der Waals surface area contributed by atoms with Crippen LogP contribution < -0.4 is 0 Å². The Labute approximate surface area is 136 Å². The summed E-state index contributed by atoms with van der Waals surface area (Å²) >= 11 is 0. The highest BCUT2D eigenvalue weighted by Crippen LogP contribution is 2.10. The van der Waals surface area contributed by atoms with Gasteiger partial charge >= 0.3 is 0 Å². The summed E-state index contributed by atoms with van der Waals surface area (Å²) in [5, 5.41) is 4.23. The number of Topliss-reactive ketones (excluding diaryl/α,β-unsaturated/α-hetero) is 3. The molecule has 0 unspecified atom stereocenters. The molecule has 0 aliphatic carbocycles. The minimum Gasteiger partial charge on any atom is -0.300 e. The van der Waals surface area contributed by atoms with Gasteiger partial charge in [-0.15, -0.1) is 0 Å². The van der Waals surface area contributed by atoms with E-state index in [9.17, 15) is 14.4 Å². The van der Waals surface area contributed by atoms with Gasteiger partial charge in [-0.25, -0.2) is 0 Å². The van der Waals surface area contributed by atoms with Gasteiger partial charge in [0.2, 0.25) is 0 Å². The van der Waals surface area contributed by atoms with Crippen LogP contribution in [0.2, 0.25) is 0 Å². The van der Waals surface area contributed by atoms with Gasteiger partial charge in [-0.05, 0) is 33.3 Å². The van der Waals surface area contributed by atoms with Gasteiger partial charge in [0.1, 0.15) is 11.6 Å². The molecule has 0 aliphatic rings. The molecule has 0 aliphatic heterocycles. The molecule has 0 radical (unpaired) electrons. The maximum Gasteiger partial charge on any atom is 0.163 e. The number of carbonyl (C=O) groups excluding carboxylic acids is 3. The number of rotatable bonds is 5. The summed E-state index contributed by atoms with van der Waals surface area (Å²) in [5.41, 5.74) is 2.82. The van der Waals surface area contributed by atoms with Gasteiger partial charge < -0.3 is 0 Å². The van der Waals surface area contributed by atoms with Crippen LogP contribution in [0, 0.1) is 6.92 Å². The molecule has 1 heterocycles. The normalized spacial score (nSPS) is 9.74. The number of nitrogens with zero attached hydrogens (tertiary/aromatic N) is 2. The largest absolute Gasteiger partial charge is 0.300 e. The van der Waals surface area contributed by atoms with E-state index in [-0.39, 0.29) is 23.8 Å². The highest BCUT2D eigenvalue weighted by Gasteiger charge is 2.09. The molecule has 0 bridgehead atoms. The van der Waals surface area contributed by atoms with Gasteiger partial charge in [0.05, 0.1) is 24.7 Å². The average Bonchev–Trinajstić information content (AvgIpc) is 2.80. The fourth-order valence-electron chi connectivity index (χ4n) is 2.06. The van der Waals surface area contributed by atoms with Crippen LogP contribution >= 0.6 is 0 Å². The number of hydrogen-bond donors (Lipinski definition) is 0. The first-order chi connectivity index (χ1) is 10.8. The van der Waals surface area contributed by atoms with Crippen molar-refractivity contribution in [1.82, 2.24) is 9.78 Å². The molecule has 122 valence electrons. The zero-order valence-corrected chi connectivity index (χ0v) is 14.0. The lowest BCUT2D eigenvalue weighted by atomic mass is 10.2. The molecule has 1 aromatic heterocycles. The van der Waals surface area contributed by atoms with E-state index in [0.29, 0.717) is 12.1 Å². The Bertz CT molecular complexity index is 676. The molecule has 0 spiro atoms. The third-order valence-electron chi connectivity index (χ3n) is 3.16. The topological polar surface area (TPSA) is 69.0 Å². The highest BCUT2D eigenvalue weighted by molar-refractivity contribution is 5.96. The summed E-state index contributed by atoms with van der Waals surface area (Å²) in [4.78, 5) is 31.3. The van der Waals surface area contributed by atoms with Crippen molar-refractivity contribution in [3.63, 3.8) is 0 Å². The fourth-order valence-corrected chi connectivity index (χ4v) is 2.06. The predicted octanol–water partition coefficient (Wildman–Crippen LogP) is 3.00. The molecule has 0 N–H and O–H groups in total. The van der Waals surface area contributed by atoms with Crippen molar-refractivity contribution in [2.24, 2.45) is 0 Å². The SMILES string of the molecule is CC(=O)CC(C)=O.CC(=O)c1cnn(Cc2ccccc2)c1C. The Balaban J connectivity index is 0.000000322. The molecule has 0 fully saturated rings. The molecule has 0 saturated heterocycles. The van der Waals surface area contributed by atoms with Crippen LogP contribution in [0.5, 0.6) is 0 Å². The minimum atomic E-state index is -0.0625. The van der Waals surface area contributed by atoms with E-state index in [1.165, 1.54) is 19.4 Å². The lowest BCUT2D eigenvalue weighted by Crippen LogP contribution is -2.04. The van der Waals surface area contributed by atoms with Gasteiger partial charge in [0, 0.05) is 5.69 Å². The predicted molar refractivity (Wildman–Crippen MR) is 88.5 cm³/mol. The first-order valence-corrected chi connectivity index (χ1v) is 7.37. The molecule has 23 heavy (non-hydrogen) atoms. The second-order valence-electron chi connectivity index (χ2n) is 5.42. The quantitative estimate of drug-likeness (QED) is 0.628. The minimum absolute atomic E-state index is 0.0625. The van der Waals surface area contributed by atoms with Crippen LogP contribution in [0.1, 0.15) is 48.8 Å². The summed E-state index contributed by atoms with van der Waals surface area (Å²) in [7, 11) is 0. The van der Waals surface area contributed by atoms with Crippen molar-refractivity contribution < 1.29 is 14.4 Å². The third kappa shape index (κ3) is 6.38. The monoisotopic (exact) mass is 314 g/mol. The van der Waals surface area contributed by atoms with E-state index in [1.807, 2.05) is 29.8 Å².